The Morgan fingerprint density at radius 3 is 2.83 bits per heavy atom. The van der Waals surface area contributed by atoms with Crippen molar-refractivity contribution in [1.29, 1.82) is 0 Å². The third-order valence-corrected chi connectivity index (χ3v) is 4.64. The molecule has 6 nitrogen and oxygen atoms in total. The highest BCUT2D eigenvalue weighted by Gasteiger charge is 2.51. The van der Waals surface area contributed by atoms with E-state index in [1.54, 1.807) is 12.1 Å². The summed E-state index contributed by atoms with van der Waals surface area (Å²) in [5.74, 6) is 4.68. The number of nitrogens with zero attached hydrogens (tertiary/aromatic N) is 1. The van der Waals surface area contributed by atoms with Crippen molar-refractivity contribution >= 4 is 11.7 Å². The van der Waals surface area contributed by atoms with Crippen molar-refractivity contribution in [2.45, 2.75) is 25.0 Å². The van der Waals surface area contributed by atoms with Gasteiger partial charge in [0.2, 0.25) is 6.61 Å². The highest BCUT2D eigenvalue weighted by atomic mass is 16.6. The fraction of sp³-hybridized carbons (Fsp3) is 0.444. The Kier molecular flexibility index (Phi) is 4.84. The molecule has 0 heterocycles. The van der Waals surface area contributed by atoms with Gasteiger partial charge in [-0.1, -0.05) is 47.3 Å². The van der Waals surface area contributed by atoms with Crippen molar-refractivity contribution in [2.75, 3.05) is 6.61 Å². The zero-order chi connectivity index (χ0) is 17.1. The number of fused-ring (bicyclic) bond motifs is 1. The zero-order valence-corrected chi connectivity index (χ0v) is 13.0. The molecule has 2 saturated carbocycles. The Morgan fingerprint density at radius 2 is 2.12 bits per heavy atom. The largest absolute Gasteiger partial charge is 0.479 e. The van der Waals surface area contributed by atoms with Crippen molar-refractivity contribution in [2.24, 2.45) is 22.9 Å². The van der Waals surface area contributed by atoms with Crippen molar-refractivity contribution in [3.63, 3.8) is 0 Å². The predicted molar refractivity (Wildman–Crippen MR) is 85.9 cm³/mol. The molecule has 1 aromatic carbocycles. The maximum absolute atomic E-state index is 10.4. The number of hydrogen-bond donors (Lipinski definition) is 3. The Balaban J connectivity index is 1.60. The summed E-state index contributed by atoms with van der Waals surface area (Å²) in [7, 11) is 0. The van der Waals surface area contributed by atoms with E-state index < -0.39 is 24.8 Å². The molecule has 2 aliphatic carbocycles. The predicted octanol–water partition coefficient (Wildman–Crippen LogP) is 1.20. The summed E-state index contributed by atoms with van der Waals surface area (Å²) >= 11 is 0. The molecule has 126 valence electrons. The number of hydrogen-bond acceptors (Lipinski definition) is 5. The van der Waals surface area contributed by atoms with Gasteiger partial charge in [-0.15, -0.1) is 0 Å². The number of aliphatic carboxylic acids is 1. The number of aliphatic hydroxyl groups is 2. The molecule has 3 rings (SSSR count). The zero-order valence-electron chi connectivity index (χ0n) is 13.0. The molecule has 0 spiro atoms. The first-order valence-corrected chi connectivity index (χ1v) is 7.89. The lowest BCUT2D eigenvalue weighted by Crippen LogP contribution is -2.38. The van der Waals surface area contributed by atoms with Gasteiger partial charge in [0.25, 0.3) is 0 Å². The lowest BCUT2D eigenvalue weighted by Gasteiger charge is -2.33. The third kappa shape index (κ3) is 3.42. The van der Waals surface area contributed by atoms with Crippen LogP contribution in [0, 0.1) is 29.6 Å². The van der Waals surface area contributed by atoms with Crippen molar-refractivity contribution in [1.82, 2.24) is 0 Å². The van der Waals surface area contributed by atoms with Crippen LogP contribution in [0.3, 0.4) is 0 Å². The van der Waals surface area contributed by atoms with Gasteiger partial charge in [-0.3, -0.25) is 0 Å². The molecule has 2 fully saturated rings. The number of carbonyl (C=O) groups is 1. The van der Waals surface area contributed by atoms with Gasteiger partial charge >= 0.3 is 5.97 Å². The van der Waals surface area contributed by atoms with Crippen LogP contribution in [-0.2, 0) is 9.63 Å². The van der Waals surface area contributed by atoms with E-state index in [1.807, 2.05) is 18.2 Å². The highest BCUT2D eigenvalue weighted by molar-refractivity contribution is 5.93. The SMILES string of the molecule is O=C(O)CO/N=C1/CC2C1CC(C#CC(O)c1ccccc1)C2O. The molecule has 0 radical (unpaired) electrons. The molecule has 2 aliphatic rings. The molecule has 1 aromatic rings. The van der Waals surface area contributed by atoms with Gasteiger partial charge in [-0.25, -0.2) is 4.79 Å². The molecule has 0 aliphatic heterocycles. The molecule has 5 atom stereocenters. The van der Waals surface area contributed by atoms with Gasteiger partial charge in [0.15, 0.2) is 0 Å². The van der Waals surface area contributed by atoms with Crippen LogP contribution in [0.25, 0.3) is 0 Å². The van der Waals surface area contributed by atoms with E-state index in [1.165, 1.54) is 0 Å². The molecule has 24 heavy (non-hydrogen) atoms. The smallest absolute Gasteiger partial charge is 0.344 e. The molecule has 6 heteroatoms. The molecular formula is C18H19NO5. The van der Waals surface area contributed by atoms with E-state index in [4.69, 9.17) is 9.94 Å². The minimum atomic E-state index is -1.07. The van der Waals surface area contributed by atoms with E-state index >= 15 is 0 Å². The number of carboxylic acid groups (broad SMARTS) is 1. The van der Waals surface area contributed by atoms with Crippen molar-refractivity contribution < 1.29 is 25.0 Å². The minimum Gasteiger partial charge on any atom is -0.479 e. The maximum Gasteiger partial charge on any atom is 0.344 e. The summed E-state index contributed by atoms with van der Waals surface area (Å²) < 4.78 is 0. The Bertz CT molecular complexity index is 690. The normalized spacial score (nSPS) is 30.7. The van der Waals surface area contributed by atoms with Crippen molar-refractivity contribution in [3.8, 4) is 11.8 Å². The van der Waals surface area contributed by atoms with Crippen LogP contribution in [0.1, 0.15) is 24.5 Å². The second kappa shape index (κ2) is 7.04. The molecule has 0 saturated heterocycles. The molecule has 5 unspecified atom stereocenters. The summed E-state index contributed by atoms with van der Waals surface area (Å²) in [6, 6.07) is 9.15. The second-order valence-corrected chi connectivity index (χ2v) is 6.16. The molecule has 3 N–H and O–H groups in total. The Labute approximate surface area is 139 Å². The fourth-order valence-electron chi connectivity index (χ4n) is 3.33. The summed E-state index contributed by atoms with van der Waals surface area (Å²) in [6.45, 7) is -0.462. The van der Waals surface area contributed by atoms with Gasteiger partial charge in [-0.2, -0.15) is 0 Å². The van der Waals surface area contributed by atoms with Crippen LogP contribution in [0.15, 0.2) is 35.5 Å². The quantitative estimate of drug-likeness (QED) is 0.569. The summed E-state index contributed by atoms with van der Waals surface area (Å²) in [5, 5.41) is 32.8. The summed E-state index contributed by atoms with van der Waals surface area (Å²) in [5.41, 5.74) is 1.51. The van der Waals surface area contributed by atoms with Gasteiger partial charge in [0.05, 0.1) is 11.8 Å². The van der Waals surface area contributed by atoms with E-state index in [-0.39, 0.29) is 17.8 Å². The van der Waals surface area contributed by atoms with E-state index in [0.717, 1.165) is 11.3 Å². The third-order valence-electron chi connectivity index (χ3n) is 4.64. The van der Waals surface area contributed by atoms with Gasteiger partial charge in [0.1, 0.15) is 6.10 Å². The molecule has 0 amide bonds. The van der Waals surface area contributed by atoms with Crippen LogP contribution >= 0.6 is 0 Å². The topological polar surface area (TPSA) is 99.4 Å². The second-order valence-electron chi connectivity index (χ2n) is 6.16. The van der Waals surface area contributed by atoms with Crippen LogP contribution in [0.4, 0.5) is 0 Å². The number of oxime groups is 1. The minimum absolute atomic E-state index is 0.0852. The fourth-order valence-corrected chi connectivity index (χ4v) is 3.33. The first kappa shape index (κ1) is 16.5. The van der Waals surface area contributed by atoms with Crippen LogP contribution in [0.5, 0.6) is 0 Å². The highest BCUT2D eigenvalue weighted by Crippen LogP contribution is 2.47. The lowest BCUT2D eigenvalue weighted by atomic mass is 9.73. The summed E-state index contributed by atoms with van der Waals surface area (Å²) in [4.78, 5) is 15.2. The Hall–Kier alpha value is -2.36. The maximum atomic E-state index is 10.4. The van der Waals surface area contributed by atoms with E-state index in [2.05, 4.69) is 17.0 Å². The van der Waals surface area contributed by atoms with Crippen LogP contribution in [-0.4, -0.2) is 39.7 Å². The van der Waals surface area contributed by atoms with Crippen LogP contribution in [0.2, 0.25) is 0 Å². The average molecular weight is 329 g/mol. The van der Waals surface area contributed by atoms with Gasteiger partial charge in [-0.05, 0) is 24.3 Å². The number of rotatable bonds is 4. The first-order chi connectivity index (χ1) is 11.6. The van der Waals surface area contributed by atoms with Crippen molar-refractivity contribution in [3.05, 3.63) is 35.9 Å². The number of aliphatic hydroxyl groups excluding tert-OH is 2. The summed E-state index contributed by atoms with van der Waals surface area (Å²) in [6.07, 6.45) is -0.173. The molecule has 0 aromatic heterocycles. The van der Waals surface area contributed by atoms with Crippen LogP contribution < -0.4 is 0 Å². The monoisotopic (exact) mass is 329 g/mol. The molecule has 0 bridgehead atoms. The van der Waals surface area contributed by atoms with E-state index in [0.29, 0.717) is 12.8 Å². The van der Waals surface area contributed by atoms with Gasteiger partial charge < -0.3 is 20.2 Å². The number of benzene rings is 1. The van der Waals surface area contributed by atoms with Gasteiger partial charge in [0, 0.05) is 11.8 Å². The number of carboxylic acids is 1. The standard InChI is InChI=1S/C18H19NO5/c20-16(11-4-2-1-3-5-11)7-6-12-8-13-14(18(12)23)9-15(13)19-24-10-17(21)22/h1-5,12-14,16,18,20,23H,8-10H2,(H,21,22)/b19-15-. The Morgan fingerprint density at radius 1 is 1.38 bits per heavy atom. The first-order valence-electron chi connectivity index (χ1n) is 7.89. The average Bonchev–Trinajstić information content (AvgIpc) is 2.81. The molecular weight excluding hydrogens is 310 g/mol. The lowest BCUT2D eigenvalue weighted by molar-refractivity contribution is -0.142. The van der Waals surface area contributed by atoms with E-state index in [9.17, 15) is 15.0 Å².